The first-order valence-electron chi connectivity index (χ1n) is 8.82. The van der Waals surface area contributed by atoms with Crippen LogP contribution in [0.25, 0.3) is 0 Å². The Morgan fingerprint density at radius 3 is 2.46 bits per heavy atom. The van der Waals surface area contributed by atoms with Crippen LogP contribution in [0.1, 0.15) is 18.4 Å². The lowest BCUT2D eigenvalue weighted by Gasteiger charge is -2.35. The number of hydrogen-bond donors (Lipinski definition) is 3. The lowest BCUT2D eigenvalue weighted by Crippen LogP contribution is -2.54. The minimum absolute atomic E-state index is 0.00620. The van der Waals surface area contributed by atoms with Crippen LogP contribution in [0.15, 0.2) is 59.5 Å². The predicted molar refractivity (Wildman–Crippen MR) is 100 cm³/mol. The van der Waals surface area contributed by atoms with Gasteiger partial charge in [-0.2, -0.15) is 4.31 Å². The van der Waals surface area contributed by atoms with Crippen LogP contribution in [0.2, 0.25) is 0 Å². The summed E-state index contributed by atoms with van der Waals surface area (Å²) < 4.78 is 32.6. The van der Waals surface area contributed by atoms with Gasteiger partial charge in [0.1, 0.15) is 18.4 Å². The summed E-state index contributed by atoms with van der Waals surface area (Å²) in [6.07, 6.45) is -0.668. The lowest BCUT2D eigenvalue weighted by molar-refractivity contribution is -0.135. The summed E-state index contributed by atoms with van der Waals surface area (Å²) >= 11 is 0. The van der Waals surface area contributed by atoms with E-state index < -0.39 is 28.1 Å². The minimum atomic E-state index is -3.98. The summed E-state index contributed by atoms with van der Waals surface area (Å²) in [6.45, 7) is 0.337. The SMILES string of the molecule is O=C(NO)[C@H]1C[C@H](O)CCN1S(=O)(=O)c1ccc(OCc2ccccc2)cc1. The number of piperidine rings is 1. The number of hydrogen-bond acceptors (Lipinski definition) is 6. The van der Waals surface area contributed by atoms with Gasteiger partial charge in [0.25, 0.3) is 5.91 Å². The Kier molecular flexibility index (Phi) is 6.30. The largest absolute Gasteiger partial charge is 0.489 e. The number of carbonyl (C=O) groups excluding carboxylic acids is 1. The number of aliphatic hydroxyl groups is 1. The first-order valence-corrected chi connectivity index (χ1v) is 10.3. The highest BCUT2D eigenvalue weighted by Crippen LogP contribution is 2.27. The number of carbonyl (C=O) groups is 1. The van der Waals surface area contributed by atoms with Crippen molar-refractivity contribution in [1.82, 2.24) is 9.79 Å². The van der Waals surface area contributed by atoms with Gasteiger partial charge in [-0.15, -0.1) is 0 Å². The molecule has 0 unspecified atom stereocenters. The van der Waals surface area contributed by atoms with E-state index >= 15 is 0 Å². The van der Waals surface area contributed by atoms with E-state index in [1.54, 1.807) is 12.1 Å². The topological polar surface area (TPSA) is 116 Å². The zero-order valence-corrected chi connectivity index (χ0v) is 15.9. The summed E-state index contributed by atoms with van der Waals surface area (Å²) in [5.41, 5.74) is 2.46. The third-order valence-electron chi connectivity index (χ3n) is 4.62. The Morgan fingerprint density at radius 2 is 1.82 bits per heavy atom. The van der Waals surface area contributed by atoms with Crippen molar-refractivity contribution in [1.29, 1.82) is 0 Å². The third kappa shape index (κ3) is 4.50. The molecule has 1 amide bonds. The number of rotatable bonds is 6. The van der Waals surface area contributed by atoms with Gasteiger partial charge in [0, 0.05) is 6.54 Å². The number of nitrogens with zero attached hydrogens (tertiary/aromatic N) is 1. The van der Waals surface area contributed by atoms with Crippen LogP contribution < -0.4 is 10.2 Å². The molecule has 1 saturated heterocycles. The molecule has 1 aliphatic rings. The highest BCUT2D eigenvalue weighted by atomic mass is 32.2. The molecule has 0 bridgehead atoms. The van der Waals surface area contributed by atoms with Gasteiger partial charge < -0.3 is 9.84 Å². The maximum atomic E-state index is 13.0. The zero-order chi connectivity index (χ0) is 20.1. The van der Waals surface area contributed by atoms with Gasteiger partial charge in [0.2, 0.25) is 10.0 Å². The van der Waals surface area contributed by atoms with Crippen LogP contribution in [-0.2, 0) is 21.4 Å². The normalized spacial score (nSPS) is 20.5. The number of nitrogens with one attached hydrogen (secondary N) is 1. The Hall–Kier alpha value is -2.46. The summed E-state index contributed by atoms with van der Waals surface area (Å²) in [5.74, 6) is -0.355. The fourth-order valence-corrected chi connectivity index (χ4v) is 4.72. The molecule has 3 N–H and O–H groups in total. The Bertz CT molecular complexity index is 902. The molecule has 2 atom stereocenters. The second-order valence-corrected chi connectivity index (χ2v) is 8.42. The Balaban J connectivity index is 1.74. The fourth-order valence-electron chi connectivity index (χ4n) is 3.11. The highest BCUT2D eigenvalue weighted by molar-refractivity contribution is 7.89. The molecule has 2 aromatic rings. The van der Waals surface area contributed by atoms with Crippen molar-refractivity contribution in [2.45, 2.75) is 36.5 Å². The maximum absolute atomic E-state index is 13.0. The second kappa shape index (κ2) is 8.70. The molecular weight excluding hydrogens is 384 g/mol. The minimum Gasteiger partial charge on any atom is -0.489 e. The van der Waals surface area contributed by atoms with Gasteiger partial charge in [0.05, 0.1) is 11.0 Å². The third-order valence-corrected chi connectivity index (χ3v) is 6.54. The molecule has 0 spiro atoms. The summed E-state index contributed by atoms with van der Waals surface area (Å²) in [5, 5.41) is 18.7. The number of ether oxygens (including phenoxy) is 1. The van der Waals surface area contributed by atoms with Crippen LogP contribution in [0.5, 0.6) is 5.75 Å². The quantitative estimate of drug-likeness (QED) is 0.492. The van der Waals surface area contributed by atoms with Crippen LogP contribution >= 0.6 is 0 Å². The van der Waals surface area contributed by atoms with Crippen LogP contribution in [0.4, 0.5) is 0 Å². The van der Waals surface area contributed by atoms with Crippen LogP contribution in [0.3, 0.4) is 0 Å². The molecule has 0 radical (unpaired) electrons. The molecule has 0 aromatic heterocycles. The molecule has 28 heavy (non-hydrogen) atoms. The Morgan fingerprint density at radius 1 is 1.14 bits per heavy atom. The van der Waals surface area contributed by atoms with Gasteiger partial charge in [-0.05, 0) is 42.7 Å². The van der Waals surface area contributed by atoms with Crippen molar-refractivity contribution in [3.8, 4) is 5.75 Å². The number of hydroxylamine groups is 1. The average molecular weight is 406 g/mol. The number of aliphatic hydroxyl groups excluding tert-OH is 1. The second-order valence-electron chi connectivity index (χ2n) is 6.53. The number of sulfonamides is 1. The van der Waals surface area contributed by atoms with Gasteiger partial charge >= 0.3 is 0 Å². The standard InChI is InChI=1S/C19H22N2O6S/c22-15-10-11-21(18(12-15)19(23)20-24)28(25,26)17-8-6-16(7-9-17)27-13-14-4-2-1-3-5-14/h1-9,15,18,22,24H,10-13H2,(H,20,23)/t15-,18-/m1/s1. The van der Waals surface area contributed by atoms with E-state index in [0.29, 0.717) is 12.4 Å². The molecule has 1 aliphatic heterocycles. The fraction of sp³-hybridized carbons (Fsp3) is 0.316. The van der Waals surface area contributed by atoms with Crippen molar-refractivity contribution in [3.05, 3.63) is 60.2 Å². The monoisotopic (exact) mass is 406 g/mol. The van der Waals surface area contributed by atoms with Gasteiger partial charge in [-0.3, -0.25) is 10.0 Å². The molecule has 150 valence electrons. The van der Waals surface area contributed by atoms with Gasteiger partial charge in [0.15, 0.2) is 0 Å². The van der Waals surface area contributed by atoms with Crippen molar-refractivity contribution in [2.75, 3.05) is 6.54 Å². The molecule has 8 nitrogen and oxygen atoms in total. The van der Waals surface area contributed by atoms with Crippen molar-refractivity contribution in [2.24, 2.45) is 0 Å². The molecule has 0 aliphatic carbocycles. The summed E-state index contributed by atoms with van der Waals surface area (Å²) in [4.78, 5) is 11.9. The summed E-state index contributed by atoms with van der Waals surface area (Å²) in [6, 6.07) is 14.3. The van der Waals surface area contributed by atoms with Crippen molar-refractivity contribution < 1.29 is 28.3 Å². The smallest absolute Gasteiger partial charge is 0.261 e. The highest BCUT2D eigenvalue weighted by Gasteiger charge is 2.40. The number of benzene rings is 2. The van der Waals surface area contributed by atoms with Crippen LogP contribution in [-0.4, -0.2) is 47.6 Å². The maximum Gasteiger partial charge on any atom is 0.261 e. The lowest BCUT2D eigenvalue weighted by atomic mass is 10.0. The van der Waals surface area contributed by atoms with Crippen LogP contribution in [0, 0.1) is 0 Å². The van der Waals surface area contributed by atoms with E-state index in [1.807, 2.05) is 30.3 Å². The van der Waals surface area contributed by atoms with Crippen molar-refractivity contribution in [3.63, 3.8) is 0 Å². The molecule has 9 heteroatoms. The molecule has 1 fully saturated rings. The van der Waals surface area contributed by atoms with E-state index in [1.165, 1.54) is 17.6 Å². The first-order chi connectivity index (χ1) is 13.4. The van der Waals surface area contributed by atoms with E-state index in [2.05, 4.69) is 0 Å². The van der Waals surface area contributed by atoms with E-state index in [9.17, 15) is 18.3 Å². The van der Waals surface area contributed by atoms with Gasteiger partial charge in [-0.25, -0.2) is 13.9 Å². The molecular formula is C19H22N2O6S. The van der Waals surface area contributed by atoms with E-state index in [-0.39, 0.29) is 24.3 Å². The van der Waals surface area contributed by atoms with E-state index in [4.69, 9.17) is 9.94 Å². The van der Waals surface area contributed by atoms with Gasteiger partial charge in [-0.1, -0.05) is 30.3 Å². The van der Waals surface area contributed by atoms with Crippen molar-refractivity contribution >= 4 is 15.9 Å². The molecule has 1 heterocycles. The molecule has 2 aromatic carbocycles. The number of amides is 1. The first kappa shape index (κ1) is 20.3. The van der Waals surface area contributed by atoms with E-state index in [0.717, 1.165) is 9.87 Å². The Labute approximate surface area is 163 Å². The summed E-state index contributed by atoms with van der Waals surface area (Å²) in [7, 11) is -3.98. The zero-order valence-electron chi connectivity index (χ0n) is 15.1. The molecule has 3 rings (SSSR count). The predicted octanol–water partition coefficient (Wildman–Crippen LogP) is 1.28. The average Bonchev–Trinajstić information content (AvgIpc) is 2.72. The molecule has 0 saturated carbocycles.